The third kappa shape index (κ3) is 3.73. The van der Waals surface area contributed by atoms with E-state index in [2.05, 4.69) is 43.1 Å². The van der Waals surface area contributed by atoms with Crippen LogP contribution in [0.3, 0.4) is 0 Å². The number of hydrogen-bond acceptors (Lipinski definition) is 3. The Morgan fingerprint density at radius 2 is 1.86 bits per heavy atom. The van der Waals surface area contributed by atoms with Gasteiger partial charge in [0.2, 0.25) is 0 Å². The van der Waals surface area contributed by atoms with Crippen molar-refractivity contribution in [3.8, 4) is 5.75 Å². The minimum atomic E-state index is 0.352. The molecule has 2 aromatic rings. The Kier molecular flexibility index (Phi) is 4.81. The summed E-state index contributed by atoms with van der Waals surface area (Å²) in [6.45, 7) is 2.88. The topological polar surface area (TPSA) is 38.5 Å². The zero-order valence-electron chi connectivity index (χ0n) is 12.6. The van der Waals surface area contributed by atoms with Crippen LogP contribution >= 0.6 is 12.2 Å². The molecule has 3 nitrogen and oxygen atoms in total. The molecule has 0 unspecified atom stereocenters. The monoisotopic (exact) mass is 300 g/mol. The Balaban J connectivity index is 2.19. The van der Waals surface area contributed by atoms with E-state index in [1.807, 2.05) is 18.2 Å². The van der Waals surface area contributed by atoms with Crippen molar-refractivity contribution in [2.45, 2.75) is 13.5 Å². The van der Waals surface area contributed by atoms with E-state index in [0.717, 1.165) is 23.4 Å². The number of thiocarbonyl (C=S) groups is 1. The first-order valence-electron chi connectivity index (χ1n) is 6.76. The molecule has 0 aliphatic heterocycles. The maximum atomic E-state index is 5.69. The molecule has 0 fully saturated rings. The van der Waals surface area contributed by atoms with Crippen LogP contribution in [0.25, 0.3) is 0 Å². The van der Waals surface area contributed by atoms with E-state index < -0.39 is 0 Å². The fraction of sp³-hybridized carbons (Fsp3) is 0.235. The molecule has 2 rings (SSSR count). The van der Waals surface area contributed by atoms with Crippen molar-refractivity contribution in [1.82, 2.24) is 0 Å². The van der Waals surface area contributed by atoms with Gasteiger partial charge in [-0.25, -0.2) is 0 Å². The molecular weight excluding hydrogens is 280 g/mol. The Labute approximate surface area is 131 Å². The molecule has 0 aliphatic rings. The highest BCUT2D eigenvalue weighted by Crippen LogP contribution is 2.22. The van der Waals surface area contributed by atoms with E-state index in [0.29, 0.717) is 4.99 Å². The smallest absolute Gasteiger partial charge is 0.129 e. The van der Waals surface area contributed by atoms with Gasteiger partial charge in [0, 0.05) is 19.3 Å². The number of ether oxygens (including phenoxy) is 1. The highest BCUT2D eigenvalue weighted by atomic mass is 32.1. The molecular formula is C17H20N2OS. The summed E-state index contributed by atoms with van der Waals surface area (Å²) in [5, 5.41) is 0. The highest BCUT2D eigenvalue weighted by Gasteiger charge is 2.08. The number of benzene rings is 2. The van der Waals surface area contributed by atoms with Crippen LogP contribution in [0.1, 0.15) is 16.7 Å². The van der Waals surface area contributed by atoms with Crippen LogP contribution in [0, 0.1) is 6.92 Å². The molecule has 0 heterocycles. The van der Waals surface area contributed by atoms with Gasteiger partial charge in [0.1, 0.15) is 10.7 Å². The summed E-state index contributed by atoms with van der Waals surface area (Å²) >= 11 is 5.02. The zero-order chi connectivity index (χ0) is 15.4. The molecule has 0 aromatic heterocycles. The van der Waals surface area contributed by atoms with Gasteiger partial charge >= 0.3 is 0 Å². The third-order valence-corrected chi connectivity index (χ3v) is 3.65. The second-order valence-electron chi connectivity index (χ2n) is 5.09. The number of nitrogens with zero attached hydrogens (tertiary/aromatic N) is 1. The lowest BCUT2D eigenvalue weighted by molar-refractivity contribution is 0.413. The number of aryl methyl sites for hydroxylation is 1. The number of anilines is 1. The Hall–Kier alpha value is -2.07. The number of nitrogens with two attached hydrogens (primary N) is 1. The number of methoxy groups -OCH3 is 1. The first kappa shape index (κ1) is 15.3. The number of hydrogen-bond donors (Lipinski definition) is 1. The summed E-state index contributed by atoms with van der Waals surface area (Å²) in [6.07, 6.45) is 0. The van der Waals surface area contributed by atoms with Gasteiger partial charge in [-0.3, -0.25) is 0 Å². The van der Waals surface area contributed by atoms with Crippen LogP contribution in [0.4, 0.5) is 5.69 Å². The molecule has 0 aliphatic carbocycles. The first-order valence-corrected chi connectivity index (χ1v) is 7.16. The molecule has 0 spiro atoms. The van der Waals surface area contributed by atoms with Crippen LogP contribution in [0.5, 0.6) is 5.75 Å². The molecule has 4 heteroatoms. The molecule has 0 saturated carbocycles. The lowest BCUT2D eigenvalue weighted by atomic mass is 10.1. The van der Waals surface area contributed by atoms with Gasteiger partial charge in [-0.15, -0.1) is 0 Å². The SMILES string of the molecule is COc1cc(CN(C)c2ccc(C)cc2)ccc1C(N)=S. The van der Waals surface area contributed by atoms with Crippen LogP contribution in [0.15, 0.2) is 42.5 Å². The molecule has 0 atom stereocenters. The average Bonchev–Trinajstić information content (AvgIpc) is 2.47. The number of rotatable bonds is 5. The van der Waals surface area contributed by atoms with E-state index in [4.69, 9.17) is 22.7 Å². The van der Waals surface area contributed by atoms with Crippen molar-refractivity contribution in [3.63, 3.8) is 0 Å². The maximum absolute atomic E-state index is 5.69. The second-order valence-corrected chi connectivity index (χ2v) is 5.53. The van der Waals surface area contributed by atoms with Gasteiger partial charge in [-0.1, -0.05) is 36.0 Å². The molecule has 0 saturated heterocycles. The maximum Gasteiger partial charge on any atom is 0.129 e. The van der Waals surface area contributed by atoms with Crippen molar-refractivity contribution >= 4 is 22.9 Å². The largest absolute Gasteiger partial charge is 0.496 e. The highest BCUT2D eigenvalue weighted by molar-refractivity contribution is 7.80. The van der Waals surface area contributed by atoms with E-state index in [1.165, 1.54) is 11.3 Å². The summed E-state index contributed by atoms with van der Waals surface area (Å²) in [5.74, 6) is 0.720. The predicted octanol–water partition coefficient (Wildman–Crippen LogP) is 3.27. The van der Waals surface area contributed by atoms with Gasteiger partial charge < -0.3 is 15.4 Å². The van der Waals surface area contributed by atoms with Gasteiger partial charge in [-0.05, 0) is 36.8 Å². The average molecular weight is 300 g/mol. The molecule has 21 heavy (non-hydrogen) atoms. The van der Waals surface area contributed by atoms with E-state index in [-0.39, 0.29) is 0 Å². The van der Waals surface area contributed by atoms with Crippen molar-refractivity contribution < 1.29 is 4.74 Å². The van der Waals surface area contributed by atoms with Crippen LogP contribution in [-0.2, 0) is 6.54 Å². The Morgan fingerprint density at radius 3 is 2.43 bits per heavy atom. The van der Waals surface area contributed by atoms with E-state index in [1.54, 1.807) is 7.11 Å². The summed E-state index contributed by atoms with van der Waals surface area (Å²) < 4.78 is 5.36. The van der Waals surface area contributed by atoms with Crippen molar-refractivity contribution in [1.29, 1.82) is 0 Å². The van der Waals surface area contributed by atoms with Crippen molar-refractivity contribution in [2.75, 3.05) is 19.1 Å². The minimum Gasteiger partial charge on any atom is -0.496 e. The van der Waals surface area contributed by atoms with Crippen LogP contribution in [0.2, 0.25) is 0 Å². The normalized spacial score (nSPS) is 10.2. The summed E-state index contributed by atoms with van der Waals surface area (Å²) in [5.41, 5.74) is 10.0. The predicted molar refractivity (Wildman–Crippen MR) is 92.2 cm³/mol. The second kappa shape index (κ2) is 6.59. The van der Waals surface area contributed by atoms with Crippen molar-refractivity contribution in [2.24, 2.45) is 5.73 Å². The lowest BCUT2D eigenvalue weighted by Crippen LogP contribution is -2.17. The summed E-state index contributed by atoms with van der Waals surface area (Å²) in [4.78, 5) is 2.54. The fourth-order valence-electron chi connectivity index (χ4n) is 2.20. The molecule has 0 amide bonds. The Morgan fingerprint density at radius 1 is 1.19 bits per heavy atom. The molecule has 0 radical (unpaired) electrons. The van der Waals surface area contributed by atoms with Gasteiger partial charge in [0.05, 0.1) is 12.7 Å². The van der Waals surface area contributed by atoms with Gasteiger partial charge in [0.25, 0.3) is 0 Å². The van der Waals surface area contributed by atoms with E-state index in [9.17, 15) is 0 Å². The summed E-state index contributed by atoms with van der Waals surface area (Å²) in [7, 11) is 3.70. The molecule has 2 N–H and O–H groups in total. The Bertz CT molecular complexity index is 638. The molecule has 2 aromatic carbocycles. The standard InChI is InChI=1S/C17H20N2OS/c1-12-4-7-14(8-5-12)19(2)11-13-6-9-15(17(18)21)16(10-13)20-3/h4-10H,11H2,1-3H3,(H2,18,21). The van der Waals surface area contributed by atoms with Gasteiger partial charge in [-0.2, -0.15) is 0 Å². The minimum absolute atomic E-state index is 0.352. The molecule has 0 bridgehead atoms. The fourth-order valence-corrected chi connectivity index (χ4v) is 2.37. The van der Waals surface area contributed by atoms with Gasteiger partial charge in [0.15, 0.2) is 0 Å². The van der Waals surface area contributed by atoms with Crippen molar-refractivity contribution in [3.05, 3.63) is 59.2 Å². The third-order valence-electron chi connectivity index (χ3n) is 3.43. The zero-order valence-corrected chi connectivity index (χ0v) is 13.4. The quantitative estimate of drug-likeness (QED) is 0.860. The summed E-state index contributed by atoms with van der Waals surface area (Å²) in [6, 6.07) is 14.4. The lowest BCUT2D eigenvalue weighted by Gasteiger charge is -2.20. The van der Waals surface area contributed by atoms with Crippen LogP contribution in [-0.4, -0.2) is 19.1 Å². The van der Waals surface area contributed by atoms with Crippen LogP contribution < -0.4 is 15.4 Å². The first-order chi connectivity index (χ1) is 10.0. The van der Waals surface area contributed by atoms with E-state index >= 15 is 0 Å². The molecule has 110 valence electrons.